The van der Waals surface area contributed by atoms with Crippen LogP contribution in [0.15, 0.2) is 41.2 Å². The number of hydrogen-bond acceptors (Lipinski definition) is 5. The van der Waals surface area contributed by atoms with Crippen molar-refractivity contribution in [3.63, 3.8) is 0 Å². The van der Waals surface area contributed by atoms with Gasteiger partial charge in [-0.2, -0.15) is 0 Å². The zero-order chi connectivity index (χ0) is 23.0. The third-order valence-corrected chi connectivity index (χ3v) is 5.64. The van der Waals surface area contributed by atoms with Crippen LogP contribution in [0.2, 0.25) is 0 Å². The molecule has 168 valence electrons. The van der Waals surface area contributed by atoms with Crippen molar-refractivity contribution < 1.29 is 14.3 Å². The number of para-hydroxylation sites is 1. The number of imidazole rings is 2. The fraction of sp³-hybridized carbons (Fsp3) is 0.375. The first-order valence-corrected chi connectivity index (χ1v) is 10.6. The molecule has 0 radical (unpaired) electrons. The SMILES string of the molecule is COCCn1c(-c2cccc3c2n(CC(C)C)c(=O)n3C)nc2cc(C(=O)OC)ccc21. The molecule has 8 nitrogen and oxygen atoms in total. The number of carbonyl (C=O) groups excluding carboxylic acids is 1. The van der Waals surface area contributed by atoms with Crippen molar-refractivity contribution in [3.05, 3.63) is 52.4 Å². The lowest BCUT2D eigenvalue weighted by atomic mass is 10.1. The number of esters is 1. The molecule has 4 aromatic rings. The Kier molecular flexibility index (Phi) is 5.88. The fourth-order valence-corrected chi connectivity index (χ4v) is 4.17. The fourth-order valence-electron chi connectivity index (χ4n) is 4.17. The van der Waals surface area contributed by atoms with Gasteiger partial charge in [-0.3, -0.25) is 9.13 Å². The number of nitrogens with zero attached hydrogens (tertiary/aromatic N) is 4. The number of hydrogen-bond donors (Lipinski definition) is 0. The minimum absolute atomic E-state index is 0.0475. The lowest BCUT2D eigenvalue weighted by Crippen LogP contribution is -2.24. The predicted octanol–water partition coefficient (Wildman–Crippen LogP) is 3.45. The molecule has 32 heavy (non-hydrogen) atoms. The van der Waals surface area contributed by atoms with Crippen LogP contribution in [-0.2, 0) is 29.6 Å². The highest BCUT2D eigenvalue weighted by Gasteiger charge is 2.21. The maximum Gasteiger partial charge on any atom is 0.337 e. The molecule has 2 heterocycles. The van der Waals surface area contributed by atoms with E-state index < -0.39 is 5.97 Å². The van der Waals surface area contributed by atoms with Crippen molar-refractivity contribution in [3.8, 4) is 11.4 Å². The second-order valence-electron chi connectivity index (χ2n) is 8.29. The molecule has 0 bridgehead atoms. The predicted molar refractivity (Wildman–Crippen MR) is 124 cm³/mol. The van der Waals surface area contributed by atoms with Gasteiger partial charge in [0.2, 0.25) is 0 Å². The highest BCUT2D eigenvalue weighted by atomic mass is 16.5. The van der Waals surface area contributed by atoms with Gasteiger partial charge in [0, 0.05) is 32.8 Å². The van der Waals surface area contributed by atoms with Crippen molar-refractivity contribution in [1.82, 2.24) is 18.7 Å². The number of methoxy groups -OCH3 is 2. The molecule has 0 fully saturated rings. The number of rotatable bonds is 7. The van der Waals surface area contributed by atoms with E-state index in [4.69, 9.17) is 14.5 Å². The molecule has 0 spiro atoms. The van der Waals surface area contributed by atoms with E-state index in [1.807, 2.05) is 28.8 Å². The lowest BCUT2D eigenvalue weighted by Gasteiger charge is -2.12. The summed E-state index contributed by atoms with van der Waals surface area (Å²) in [5, 5.41) is 0. The second kappa shape index (κ2) is 8.63. The Morgan fingerprint density at radius 2 is 1.88 bits per heavy atom. The van der Waals surface area contributed by atoms with Crippen LogP contribution in [0.3, 0.4) is 0 Å². The molecule has 0 saturated carbocycles. The quantitative estimate of drug-likeness (QED) is 0.415. The number of fused-ring (bicyclic) bond motifs is 2. The third kappa shape index (κ3) is 3.60. The van der Waals surface area contributed by atoms with Gasteiger partial charge >= 0.3 is 11.7 Å². The molecule has 4 rings (SSSR count). The molecular formula is C24H28N4O4. The number of benzene rings is 2. The van der Waals surface area contributed by atoms with Crippen molar-refractivity contribution in [2.24, 2.45) is 13.0 Å². The molecule has 0 saturated heterocycles. The molecule has 0 N–H and O–H groups in total. The highest BCUT2D eigenvalue weighted by molar-refractivity contribution is 5.96. The van der Waals surface area contributed by atoms with Gasteiger partial charge in [0.25, 0.3) is 0 Å². The van der Waals surface area contributed by atoms with Gasteiger partial charge in [-0.05, 0) is 36.2 Å². The Hall–Kier alpha value is -3.39. The summed E-state index contributed by atoms with van der Waals surface area (Å²) in [6.07, 6.45) is 0. The van der Waals surface area contributed by atoms with Crippen molar-refractivity contribution in [1.29, 1.82) is 0 Å². The molecule has 0 atom stereocenters. The number of aryl methyl sites for hydroxylation is 1. The second-order valence-corrected chi connectivity index (χ2v) is 8.29. The lowest BCUT2D eigenvalue weighted by molar-refractivity contribution is 0.0601. The Labute approximate surface area is 186 Å². The number of aromatic nitrogens is 4. The van der Waals surface area contributed by atoms with Crippen molar-refractivity contribution in [2.45, 2.75) is 26.9 Å². The average Bonchev–Trinajstić information content (AvgIpc) is 3.27. The summed E-state index contributed by atoms with van der Waals surface area (Å²) in [4.78, 5) is 29.9. The molecule has 0 amide bonds. The van der Waals surface area contributed by atoms with E-state index in [9.17, 15) is 9.59 Å². The molecule has 2 aromatic carbocycles. The maximum absolute atomic E-state index is 13.0. The van der Waals surface area contributed by atoms with Gasteiger partial charge in [-0.1, -0.05) is 19.9 Å². The summed E-state index contributed by atoms with van der Waals surface area (Å²) < 4.78 is 15.8. The molecule has 0 aliphatic rings. The Bertz CT molecular complexity index is 1360. The molecular weight excluding hydrogens is 408 g/mol. The van der Waals surface area contributed by atoms with E-state index in [1.54, 1.807) is 30.9 Å². The summed E-state index contributed by atoms with van der Waals surface area (Å²) in [5.74, 6) is 0.630. The van der Waals surface area contributed by atoms with Crippen LogP contribution in [-0.4, -0.2) is 45.5 Å². The minimum atomic E-state index is -0.407. The molecule has 0 unspecified atom stereocenters. The Morgan fingerprint density at radius 3 is 2.56 bits per heavy atom. The molecule has 0 aliphatic heterocycles. The highest BCUT2D eigenvalue weighted by Crippen LogP contribution is 2.31. The van der Waals surface area contributed by atoms with Crippen molar-refractivity contribution in [2.75, 3.05) is 20.8 Å². The summed E-state index contributed by atoms with van der Waals surface area (Å²) in [7, 11) is 4.81. The number of ether oxygens (including phenoxy) is 2. The van der Waals surface area contributed by atoms with Crippen LogP contribution >= 0.6 is 0 Å². The zero-order valence-electron chi connectivity index (χ0n) is 19.1. The maximum atomic E-state index is 13.0. The van der Waals surface area contributed by atoms with Crippen LogP contribution < -0.4 is 5.69 Å². The van der Waals surface area contributed by atoms with Gasteiger partial charge < -0.3 is 14.0 Å². The van der Waals surface area contributed by atoms with Crippen LogP contribution in [0.4, 0.5) is 0 Å². The van der Waals surface area contributed by atoms with Crippen LogP contribution in [0.25, 0.3) is 33.5 Å². The first-order chi connectivity index (χ1) is 15.4. The zero-order valence-corrected chi connectivity index (χ0v) is 19.1. The smallest absolute Gasteiger partial charge is 0.337 e. The first-order valence-electron chi connectivity index (χ1n) is 10.6. The van der Waals surface area contributed by atoms with Crippen LogP contribution in [0, 0.1) is 5.92 Å². The van der Waals surface area contributed by atoms with Gasteiger partial charge in [-0.15, -0.1) is 0 Å². The van der Waals surface area contributed by atoms with Gasteiger partial charge in [0.15, 0.2) is 0 Å². The molecule has 2 aromatic heterocycles. The van der Waals surface area contributed by atoms with E-state index in [1.165, 1.54) is 7.11 Å². The minimum Gasteiger partial charge on any atom is -0.465 e. The molecule has 0 aliphatic carbocycles. The third-order valence-electron chi connectivity index (χ3n) is 5.64. The Balaban J connectivity index is 2.03. The topological polar surface area (TPSA) is 80.3 Å². The van der Waals surface area contributed by atoms with E-state index in [0.717, 1.165) is 27.9 Å². The molecule has 8 heteroatoms. The van der Waals surface area contributed by atoms with E-state index >= 15 is 0 Å². The monoisotopic (exact) mass is 436 g/mol. The van der Waals surface area contributed by atoms with Crippen LogP contribution in [0.1, 0.15) is 24.2 Å². The average molecular weight is 437 g/mol. The van der Waals surface area contributed by atoms with E-state index in [0.29, 0.717) is 36.7 Å². The van der Waals surface area contributed by atoms with E-state index in [2.05, 4.69) is 18.4 Å². The number of carbonyl (C=O) groups is 1. The van der Waals surface area contributed by atoms with Gasteiger partial charge in [0.05, 0.1) is 41.3 Å². The van der Waals surface area contributed by atoms with Gasteiger partial charge in [-0.25, -0.2) is 14.6 Å². The Morgan fingerprint density at radius 1 is 1.09 bits per heavy atom. The van der Waals surface area contributed by atoms with Gasteiger partial charge in [0.1, 0.15) is 5.82 Å². The summed E-state index contributed by atoms with van der Waals surface area (Å²) in [6.45, 7) is 5.88. The normalized spacial score (nSPS) is 11.7. The van der Waals surface area contributed by atoms with Crippen molar-refractivity contribution >= 4 is 28.0 Å². The summed E-state index contributed by atoms with van der Waals surface area (Å²) in [6, 6.07) is 11.2. The first kappa shape index (κ1) is 21.8. The van der Waals surface area contributed by atoms with E-state index in [-0.39, 0.29) is 5.69 Å². The van der Waals surface area contributed by atoms with Crippen LogP contribution in [0.5, 0.6) is 0 Å². The largest absolute Gasteiger partial charge is 0.465 e. The standard InChI is InChI=1S/C24H28N4O4/c1-15(2)14-28-21-17(7-6-8-20(21)26(3)24(28)30)22-25-18-13-16(23(29)32-5)9-10-19(18)27(22)11-12-31-4/h6-10,13,15H,11-12,14H2,1-5H3. The summed E-state index contributed by atoms with van der Waals surface area (Å²) >= 11 is 0. The summed E-state index contributed by atoms with van der Waals surface area (Å²) in [5.41, 5.74) is 4.55.